The van der Waals surface area contributed by atoms with Gasteiger partial charge in [-0.15, -0.1) is 0 Å². The van der Waals surface area contributed by atoms with E-state index >= 15 is 0 Å². The molecule has 2 aromatic rings. The number of hydrogen-bond donors (Lipinski definition) is 0. The second-order valence-corrected chi connectivity index (χ2v) is 4.48. The van der Waals surface area contributed by atoms with Crippen molar-refractivity contribution in [3.8, 4) is 11.5 Å². The predicted octanol–water partition coefficient (Wildman–Crippen LogP) is 3.50. The summed E-state index contributed by atoms with van der Waals surface area (Å²) < 4.78 is 10.4. The van der Waals surface area contributed by atoms with Crippen molar-refractivity contribution in [1.82, 2.24) is 0 Å². The number of carbonyl (C=O) groups excluding carboxylic acids is 1. The second kappa shape index (κ2) is 6.24. The van der Waals surface area contributed by atoms with Crippen LogP contribution in [0.2, 0.25) is 0 Å². The van der Waals surface area contributed by atoms with Gasteiger partial charge in [0.25, 0.3) is 0 Å². The van der Waals surface area contributed by atoms with Crippen molar-refractivity contribution in [1.29, 1.82) is 0 Å². The molecule has 0 N–H and O–H groups in total. The number of rotatable bonds is 5. The van der Waals surface area contributed by atoms with Gasteiger partial charge in [-0.1, -0.05) is 25.1 Å². The van der Waals surface area contributed by atoms with Gasteiger partial charge in [0, 0.05) is 17.2 Å². The minimum Gasteiger partial charge on any atom is -0.497 e. The van der Waals surface area contributed by atoms with Gasteiger partial charge >= 0.3 is 0 Å². The summed E-state index contributed by atoms with van der Waals surface area (Å²) in [6.07, 6.45) is 0.905. The average Bonchev–Trinajstić information content (AvgIpc) is 2.53. The number of ether oxygens (including phenoxy) is 2. The molecule has 0 heterocycles. The highest BCUT2D eigenvalue weighted by Crippen LogP contribution is 2.24. The number of ketones is 1. The Morgan fingerprint density at radius 1 is 0.950 bits per heavy atom. The van der Waals surface area contributed by atoms with Crippen LogP contribution in [0.15, 0.2) is 42.5 Å². The number of methoxy groups -OCH3 is 2. The molecule has 0 aliphatic carbocycles. The van der Waals surface area contributed by atoms with Gasteiger partial charge in [0.05, 0.1) is 14.2 Å². The van der Waals surface area contributed by atoms with Crippen molar-refractivity contribution in [2.45, 2.75) is 13.3 Å². The van der Waals surface area contributed by atoms with Gasteiger partial charge in [0.2, 0.25) is 0 Å². The van der Waals surface area contributed by atoms with Gasteiger partial charge in [-0.25, -0.2) is 0 Å². The van der Waals surface area contributed by atoms with Crippen LogP contribution in [-0.4, -0.2) is 20.0 Å². The maximum atomic E-state index is 12.5. The maximum absolute atomic E-state index is 12.5. The largest absolute Gasteiger partial charge is 0.497 e. The number of aryl methyl sites for hydroxylation is 1. The number of benzene rings is 2. The Kier molecular flexibility index (Phi) is 4.41. The third kappa shape index (κ3) is 2.99. The molecule has 104 valence electrons. The first-order chi connectivity index (χ1) is 9.67. The molecule has 0 spiro atoms. The summed E-state index contributed by atoms with van der Waals surface area (Å²) in [6.45, 7) is 2.07. The smallest absolute Gasteiger partial charge is 0.193 e. The first-order valence-electron chi connectivity index (χ1n) is 6.54. The lowest BCUT2D eigenvalue weighted by molar-refractivity contribution is 0.103. The molecule has 0 aliphatic heterocycles. The Hall–Kier alpha value is -2.29. The van der Waals surface area contributed by atoms with Crippen molar-refractivity contribution < 1.29 is 14.3 Å². The second-order valence-electron chi connectivity index (χ2n) is 4.48. The third-order valence-corrected chi connectivity index (χ3v) is 3.21. The number of hydrogen-bond acceptors (Lipinski definition) is 3. The van der Waals surface area contributed by atoms with Crippen molar-refractivity contribution in [3.05, 3.63) is 59.2 Å². The molecule has 0 unspecified atom stereocenters. The normalized spacial score (nSPS) is 10.2. The highest BCUT2D eigenvalue weighted by molar-refractivity contribution is 6.09. The minimum atomic E-state index is -0.0301. The molecule has 0 fully saturated rings. The SMILES string of the molecule is CCc1cccc(C(=O)c2cc(OC)cc(OC)c2)c1. The molecule has 0 saturated carbocycles. The van der Waals surface area contributed by atoms with E-state index in [4.69, 9.17) is 9.47 Å². The van der Waals surface area contributed by atoms with Crippen molar-refractivity contribution >= 4 is 5.78 Å². The van der Waals surface area contributed by atoms with Gasteiger partial charge in [-0.05, 0) is 30.2 Å². The summed E-state index contributed by atoms with van der Waals surface area (Å²) >= 11 is 0. The number of carbonyl (C=O) groups is 1. The zero-order valence-electron chi connectivity index (χ0n) is 12.0. The van der Waals surface area contributed by atoms with E-state index in [0.29, 0.717) is 22.6 Å². The quantitative estimate of drug-likeness (QED) is 0.780. The molecular weight excluding hydrogens is 252 g/mol. The first kappa shape index (κ1) is 14.1. The molecule has 0 aliphatic rings. The summed E-state index contributed by atoms with van der Waals surface area (Å²) in [7, 11) is 3.14. The maximum Gasteiger partial charge on any atom is 0.193 e. The van der Waals surface area contributed by atoms with Crippen LogP contribution in [0.1, 0.15) is 28.4 Å². The first-order valence-corrected chi connectivity index (χ1v) is 6.54. The lowest BCUT2D eigenvalue weighted by Gasteiger charge is -2.08. The Bertz CT molecular complexity index is 595. The fourth-order valence-corrected chi connectivity index (χ4v) is 2.04. The topological polar surface area (TPSA) is 35.5 Å². The lowest BCUT2D eigenvalue weighted by atomic mass is 10.00. The molecule has 2 aromatic carbocycles. The molecule has 2 rings (SSSR count). The van der Waals surface area contributed by atoms with Crippen molar-refractivity contribution in [2.75, 3.05) is 14.2 Å². The molecule has 3 nitrogen and oxygen atoms in total. The van der Waals surface area contributed by atoms with E-state index in [1.807, 2.05) is 24.3 Å². The molecule has 0 aromatic heterocycles. The summed E-state index contributed by atoms with van der Waals surface area (Å²) in [4.78, 5) is 12.5. The molecule has 0 amide bonds. The summed E-state index contributed by atoms with van der Waals surface area (Å²) in [6, 6.07) is 12.9. The van der Waals surface area contributed by atoms with Crippen LogP contribution in [0.4, 0.5) is 0 Å². The zero-order valence-corrected chi connectivity index (χ0v) is 12.0. The Balaban J connectivity index is 2.41. The molecule has 0 saturated heterocycles. The van der Waals surface area contributed by atoms with E-state index in [0.717, 1.165) is 12.0 Å². The van der Waals surface area contributed by atoms with Crippen LogP contribution in [0, 0.1) is 0 Å². The zero-order chi connectivity index (χ0) is 14.5. The highest BCUT2D eigenvalue weighted by atomic mass is 16.5. The molecule has 20 heavy (non-hydrogen) atoms. The lowest BCUT2D eigenvalue weighted by Crippen LogP contribution is -2.03. The van der Waals surface area contributed by atoms with Gasteiger partial charge < -0.3 is 9.47 Å². The fourth-order valence-electron chi connectivity index (χ4n) is 2.04. The minimum absolute atomic E-state index is 0.0301. The molecule has 0 radical (unpaired) electrons. The van der Waals surface area contributed by atoms with Crippen LogP contribution < -0.4 is 9.47 Å². The molecule has 3 heteroatoms. The van der Waals surface area contributed by atoms with Gasteiger partial charge in [0.15, 0.2) is 5.78 Å². The van der Waals surface area contributed by atoms with Gasteiger partial charge in [-0.2, -0.15) is 0 Å². The van der Waals surface area contributed by atoms with E-state index in [1.54, 1.807) is 32.4 Å². The highest BCUT2D eigenvalue weighted by Gasteiger charge is 2.12. The van der Waals surface area contributed by atoms with E-state index in [-0.39, 0.29) is 5.78 Å². The summed E-state index contributed by atoms with van der Waals surface area (Å²) in [5.41, 5.74) is 2.39. The van der Waals surface area contributed by atoms with Crippen molar-refractivity contribution in [3.63, 3.8) is 0 Å². The Morgan fingerprint density at radius 3 is 2.15 bits per heavy atom. The molecule has 0 bridgehead atoms. The van der Waals surface area contributed by atoms with E-state index in [9.17, 15) is 4.79 Å². The van der Waals surface area contributed by atoms with Crippen molar-refractivity contribution in [2.24, 2.45) is 0 Å². The molecule has 0 atom stereocenters. The summed E-state index contributed by atoms with van der Waals surface area (Å²) in [5, 5.41) is 0. The summed E-state index contributed by atoms with van der Waals surface area (Å²) in [5.74, 6) is 1.19. The van der Waals surface area contributed by atoms with Gasteiger partial charge in [-0.3, -0.25) is 4.79 Å². The Morgan fingerprint density at radius 2 is 1.60 bits per heavy atom. The predicted molar refractivity (Wildman–Crippen MR) is 78.8 cm³/mol. The van der Waals surface area contributed by atoms with Crippen LogP contribution in [-0.2, 0) is 6.42 Å². The molecular formula is C17H18O3. The standard InChI is InChI=1S/C17H18O3/c1-4-12-6-5-7-13(8-12)17(18)14-9-15(19-2)11-16(10-14)20-3/h5-11H,4H2,1-3H3. The third-order valence-electron chi connectivity index (χ3n) is 3.21. The fraction of sp³-hybridized carbons (Fsp3) is 0.235. The van der Waals surface area contributed by atoms with E-state index in [2.05, 4.69) is 6.92 Å². The van der Waals surface area contributed by atoms with Crippen LogP contribution in [0.3, 0.4) is 0 Å². The van der Waals surface area contributed by atoms with Crippen LogP contribution in [0.5, 0.6) is 11.5 Å². The Labute approximate surface area is 119 Å². The van der Waals surface area contributed by atoms with Crippen LogP contribution in [0.25, 0.3) is 0 Å². The monoisotopic (exact) mass is 270 g/mol. The van der Waals surface area contributed by atoms with E-state index in [1.165, 1.54) is 0 Å². The van der Waals surface area contributed by atoms with Gasteiger partial charge in [0.1, 0.15) is 11.5 Å². The average molecular weight is 270 g/mol. The van der Waals surface area contributed by atoms with E-state index < -0.39 is 0 Å². The van der Waals surface area contributed by atoms with Crippen LogP contribution >= 0.6 is 0 Å².